The summed E-state index contributed by atoms with van der Waals surface area (Å²) < 4.78 is 6.29. The van der Waals surface area contributed by atoms with Gasteiger partial charge in [-0.2, -0.15) is 0 Å². The van der Waals surface area contributed by atoms with Crippen molar-refractivity contribution in [2.45, 2.75) is 77.4 Å². The van der Waals surface area contributed by atoms with E-state index in [2.05, 4.69) is 26.1 Å². The summed E-state index contributed by atoms with van der Waals surface area (Å²) in [5, 5.41) is 3.73. The molecule has 0 aromatic rings. The Morgan fingerprint density at radius 3 is 2.82 bits per heavy atom. The van der Waals surface area contributed by atoms with E-state index in [9.17, 15) is 0 Å². The van der Waals surface area contributed by atoms with Gasteiger partial charge in [0.1, 0.15) is 0 Å². The van der Waals surface area contributed by atoms with E-state index in [0.717, 1.165) is 13.2 Å². The van der Waals surface area contributed by atoms with Gasteiger partial charge in [0.15, 0.2) is 0 Å². The van der Waals surface area contributed by atoms with Gasteiger partial charge < -0.3 is 10.1 Å². The smallest absolute Gasteiger partial charge is 0.0840 e. The summed E-state index contributed by atoms with van der Waals surface area (Å²) in [5.41, 5.74) is 0.608. The second-order valence-electron chi connectivity index (χ2n) is 6.76. The molecule has 0 aromatic heterocycles. The van der Waals surface area contributed by atoms with Crippen molar-refractivity contribution in [3.8, 4) is 0 Å². The highest BCUT2D eigenvalue weighted by atomic mass is 16.5. The van der Waals surface area contributed by atoms with Crippen LogP contribution in [0.25, 0.3) is 0 Å². The number of nitrogens with one attached hydrogen (secondary N) is 1. The molecule has 1 N–H and O–H groups in total. The van der Waals surface area contributed by atoms with Crippen molar-refractivity contribution in [1.82, 2.24) is 5.32 Å². The van der Waals surface area contributed by atoms with Gasteiger partial charge in [0.05, 0.1) is 12.2 Å². The molecule has 1 spiro atoms. The van der Waals surface area contributed by atoms with E-state index in [-0.39, 0.29) is 5.60 Å². The van der Waals surface area contributed by atoms with E-state index in [4.69, 9.17) is 4.74 Å². The van der Waals surface area contributed by atoms with Crippen LogP contribution >= 0.6 is 0 Å². The molecule has 1 saturated carbocycles. The Bertz CT molecular complexity index is 247. The quantitative estimate of drug-likeness (QED) is 0.814. The molecule has 2 nitrogen and oxygen atoms in total. The van der Waals surface area contributed by atoms with Crippen molar-refractivity contribution in [3.63, 3.8) is 0 Å². The Morgan fingerprint density at radius 1 is 1.29 bits per heavy atom. The Kier molecular flexibility index (Phi) is 4.14. The molecule has 2 heteroatoms. The van der Waals surface area contributed by atoms with Gasteiger partial charge in [0, 0.05) is 12.6 Å². The predicted octanol–water partition coefficient (Wildman–Crippen LogP) is 3.50. The van der Waals surface area contributed by atoms with Crippen LogP contribution in [0.2, 0.25) is 0 Å². The van der Waals surface area contributed by atoms with Crippen molar-refractivity contribution in [2.24, 2.45) is 5.41 Å². The van der Waals surface area contributed by atoms with E-state index in [1.165, 1.54) is 44.9 Å². The molecule has 0 bridgehead atoms. The van der Waals surface area contributed by atoms with Crippen LogP contribution in [-0.2, 0) is 4.74 Å². The van der Waals surface area contributed by atoms with Gasteiger partial charge in [-0.1, -0.05) is 33.6 Å². The fraction of sp³-hybridized carbons (Fsp3) is 1.00. The molecule has 1 aliphatic heterocycles. The topological polar surface area (TPSA) is 21.3 Å². The van der Waals surface area contributed by atoms with Crippen LogP contribution in [0.5, 0.6) is 0 Å². The highest BCUT2D eigenvalue weighted by molar-refractivity contribution is 5.01. The number of hydrogen-bond acceptors (Lipinski definition) is 2. The highest BCUT2D eigenvalue weighted by Gasteiger charge is 2.47. The third-order valence-electron chi connectivity index (χ3n) is 4.60. The molecule has 2 unspecified atom stereocenters. The first-order chi connectivity index (χ1) is 8.08. The lowest BCUT2D eigenvalue weighted by Gasteiger charge is -2.51. The van der Waals surface area contributed by atoms with Crippen LogP contribution in [-0.4, -0.2) is 24.8 Å². The first-order valence-electron chi connectivity index (χ1n) is 7.45. The molecule has 100 valence electrons. The van der Waals surface area contributed by atoms with E-state index < -0.39 is 0 Å². The molecule has 0 radical (unpaired) electrons. The number of unbranched alkanes of at least 4 members (excludes halogenated alkanes) is 1. The second-order valence-corrected chi connectivity index (χ2v) is 6.76. The van der Waals surface area contributed by atoms with Crippen LogP contribution in [0.4, 0.5) is 0 Å². The van der Waals surface area contributed by atoms with Crippen molar-refractivity contribution in [2.75, 3.05) is 13.2 Å². The highest BCUT2D eigenvalue weighted by Crippen LogP contribution is 2.46. The lowest BCUT2D eigenvalue weighted by molar-refractivity contribution is -0.141. The zero-order valence-corrected chi connectivity index (χ0v) is 11.8. The second kappa shape index (κ2) is 5.27. The number of rotatable bonds is 3. The van der Waals surface area contributed by atoms with Gasteiger partial charge in [-0.3, -0.25) is 0 Å². The predicted molar refractivity (Wildman–Crippen MR) is 72.2 cm³/mol. The lowest BCUT2D eigenvalue weighted by atomic mass is 9.66. The standard InChI is InChI=1S/C15H29NO/c1-4-5-7-13-15(17-11-10-16-13)9-6-8-14(2,3)12-15/h13,16H,4-12H2,1-3H3. The molecular formula is C15H29NO. The summed E-state index contributed by atoms with van der Waals surface area (Å²) in [5.74, 6) is 0. The third kappa shape index (κ3) is 3.03. The average molecular weight is 239 g/mol. The molecule has 1 heterocycles. The molecule has 2 aliphatic rings. The van der Waals surface area contributed by atoms with Crippen molar-refractivity contribution >= 4 is 0 Å². The van der Waals surface area contributed by atoms with Crippen molar-refractivity contribution < 1.29 is 4.74 Å². The van der Waals surface area contributed by atoms with Crippen molar-refractivity contribution in [3.05, 3.63) is 0 Å². The molecular weight excluding hydrogens is 210 g/mol. The minimum Gasteiger partial charge on any atom is -0.372 e. The first kappa shape index (κ1) is 13.4. The van der Waals surface area contributed by atoms with Gasteiger partial charge >= 0.3 is 0 Å². The Morgan fingerprint density at radius 2 is 2.12 bits per heavy atom. The van der Waals surface area contributed by atoms with Crippen LogP contribution in [0, 0.1) is 5.41 Å². The number of morpholine rings is 1. The van der Waals surface area contributed by atoms with Crippen LogP contribution in [0.15, 0.2) is 0 Å². The summed E-state index contributed by atoms with van der Waals surface area (Å²) in [6.45, 7) is 9.03. The Labute approximate surface area is 107 Å². The summed E-state index contributed by atoms with van der Waals surface area (Å²) in [6, 6.07) is 0.593. The minimum atomic E-state index is 0.148. The zero-order valence-electron chi connectivity index (χ0n) is 11.8. The molecule has 0 amide bonds. The molecule has 2 fully saturated rings. The summed E-state index contributed by atoms with van der Waals surface area (Å²) >= 11 is 0. The summed E-state index contributed by atoms with van der Waals surface area (Å²) in [7, 11) is 0. The molecule has 17 heavy (non-hydrogen) atoms. The number of ether oxygens (including phenoxy) is 1. The average Bonchev–Trinajstić information content (AvgIpc) is 2.26. The maximum absolute atomic E-state index is 6.29. The van der Waals surface area contributed by atoms with E-state index in [1.54, 1.807) is 0 Å². The Hall–Kier alpha value is -0.0800. The molecule has 2 atom stereocenters. The SMILES string of the molecule is CCCCC1NCCOC12CCCC(C)(C)C2. The van der Waals surface area contributed by atoms with E-state index in [1.807, 2.05) is 0 Å². The largest absolute Gasteiger partial charge is 0.372 e. The first-order valence-corrected chi connectivity index (χ1v) is 7.45. The third-order valence-corrected chi connectivity index (χ3v) is 4.60. The van der Waals surface area contributed by atoms with Crippen LogP contribution in [0.1, 0.15) is 65.7 Å². The van der Waals surface area contributed by atoms with Gasteiger partial charge in [-0.15, -0.1) is 0 Å². The zero-order chi connectivity index (χ0) is 12.4. The van der Waals surface area contributed by atoms with Gasteiger partial charge in [-0.25, -0.2) is 0 Å². The molecule has 2 rings (SSSR count). The lowest BCUT2D eigenvalue weighted by Crippen LogP contribution is -2.60. The molecule has 0 aromatic carbocycles. The van der Waals surface area contributed by atoms with E-state index >= 15 is 0 Å². The Balaban J connectivity index is 2.07. The van der Waals surface area contributed by atoms with Crippen molar-refractivity contribution in [1.29, 1.82) is 0 Å². The minimum absolute atomic E-state index is 0.148. The maximum Gasteiger partial charge on any atom is 0.0840 e. The number of hydrogen-bond donors (Lipinski definition) is 1. The molecule has 1 aliphatic carbocycles. The van der Waals surface area contributed by atoms with Gasteiger partial charge in [-0.05, 0) is 37.5 Å². The van der Waals surface area contributed by atoms with Gasteiger partial charge in [0.2, 0.25) is 0 Å². The summed E-state index contributed by atoms with van der Waals surface area (Å²) in [4.78, 5) is 0. The van der Waals surface area contributed by atoms with E-state index in [0.29, 0.717) is 11.5 Å². The van der Waals surface area contributed by atoms with Gasteiger partial charge in [0.25, 0.3) is 0 Å². The van der Waals surface area contributed by atoms with Crippen LogP contribution < -0.4 is 5.32 Å². The van der Waals surface area contributed by atoms with Crippen LogP contribution in [0.3, 0.4) is 0 Å². The molecule has 1 saturated heterocycles. The fourth-order valence-corrected chi connectivity index (χ4v) is 3.82. The monoisotopic (exact) mass is 239 g/mol. The summed E-state index contributed by atoms with van der Waals surface area (Å²) in [6.07, 6.45) is 9.09. The maximum atomic E-state index is 6.29. The normalized spacial score (nSPS) is 37.2. The fourth-order valence-electron chi connectivity index (χ4n) is 3.82.